The zero-order valence-corrected chi connectivity index (χ0v) is 21.1. The molecule has 0 aromatic heterocycles. The van der Waals surface area contributed by atoms with Gasteiger partial charge in [-0.1, -0.05) is 107 Å². The van der Waals surface area contributed by atoms with E-state index in [1.165, 1.54) is 36.1 Å². The van der Waals surface area contributed by atoms with Gasteiger partial charge < -0.3 is 23.8 Å². The SMILES string of the molecule is [CH2-]CCCCCCCO[Si](c1ccccc1)(c1ccccc1)C(C)(C)C.[Cl-].[Mg+2]. The molecule has 2 aromatic carbocycles. The third kappa shape index (κ3) is 7.17. The Morgan fingerprint density at radius 1 is 0.750 bits per heavy atom. The standard InChI is InChI=1S/C24H35OSi.ClH.Mg/c1-5-6-7-8-9-16-21-25-26(24(2,3)4,22-17-12-10-13-18-22)23-19-14-11-15-20-23;;/h10-15,17-20H,1,5-9,16,21H2,2-4H3;1H;/q-1;;+2/p-1. The average Bonchev–Trinajstić information content (AvgIpc) is 2.64. The van der Waals surface area contributed by atoms with Crippen molar-refractivity contribution >= 4 is 41.7 Å². The second kappa shape index (κ2) is 13.8. The van der Waals surface area contributed by atoms with Gasteiger partial charge in [0.15, 0.2) is 0 Å². The fourth-order valence-electron chi connectivity index (χ4n) is 3.80. The molecule has 4 heteroatoms. The van der Waals surface area contributed by atoms with Crippen LogP contribution in [0.4, 0.5) is 0 Å². The van der Waals surface area contributed by atoms with Crippen molar-refractivity contribution in [3.8, 4) is 0 Å². The molecule has 0 heterocycles. The molecular formula is C24H35ClMgOSi. The van der Waals surface area contributed by atoms with Crippen LogP contribution in [-0.4, -0.2) is 38.0 Å². The number of unbranched alkanes of at least 4 members (excludes halogenated alkanes) is 5. The Labute approximate surface area is 196 Å². The van der Waals surface area contributed by atoms with Gasteiger partial charge in [-0.05, 0) is 21.8 Å². The van der Waals surface area contributed by atoms with E-state index in [1.54, 1.807) is 0 Å². The first-order valence-electron chi connectivity index (χ1n) is 10.1. The van der Waals surface area contributed by atoms with Gasteiger partial charge in [0.1, 0.15) is 0 Å². The molecule has 28 heavy (non-hydrogen) atoms. The molecule has 0 aliphatic carbocycles. The van der Waals surface area contributed by atoms with Crippen LogP contribution < -0.4 is 22.8 Å². The summed E-state index contributed by atoms with van der Waals surface area (Å²) in [6, 6.07) is 21.8. The van der Waals surface area contributed by atoms with Gasteiger partial charge in [0.25, 0.3) is 8.32 Å². The quantitative estimate of drug-likeness (QED) is 0.322. The zero-order valence-electron chi connectivity index (χ0n) is 17.9. The Hall–Kier alpha value is -0.327. The first-order valence-corrected chi connectivity index (χ1v) is 12.0. The minimum absolute atomic E-state index is 0. The van der Waals surface area contributed by atoms with Gasteiger partial charge in [0, 0.05) is 6.61 Å². The second-order valence-corrected chi connectivity index (χ2v) is 12.4. The van der Waals surface area contributed by atoms with E-state index < -0.39 is 8.32 Å². The molecule has 0 radical (unpaired) electrons. The van der Waals surface area contributed by atoms with Gasteiger partial charge in [0.2, 0.25) is 0 Å². The molecule has 2 rings (SSSR count). The number of benzene rings is 2. The van der Waals surface area contributed by atoms with Crippen LogP contribution in [0.3, 0.4) is 0 Å². The van der Waals surface area contributed by atoms with Crippen molar-refractivity contribution in [2.24, 2.45) is 0 Å². The summed E-state index contributed by atoms with van der Waals surface area (Å²) in [5.41, 5.74) is 0. The van der Waals surface area contributed by atoms with Crippen molar-refractivity contribution in [3.05, 3.63) is 67.6 Å². The van der Waals surface area contributed by atoms with E-state index in [0.717, 1.165) is 19.4 Å². The molecular weight excluding hydrogens is 392 g/mol. The van der Waals surface area contributed by atoms with E-state index in [2.05, 4.69) is 88.4 Å². The van der Waals surface area contributed by atoms with Crippen molar-refractivity contribution in [1.82, 2.24) is 0 Å². The van der Waals surface area contributed by atoms with E-state index in [0.29, 0.717) is 0 Å². The van der Waals surface area contributed by atoms with Gasteiger partial charge in [-0.2, -0.15) is 6.42 Å². The van der Waals surface area contributed by atoms with Crippen LogP contribution in [0, 0.1) is 6.92 Å². The molecule has 0 aliphatic heterocycles. The van der Waals surface area contributed by atoms with E-state index in [1.807, 2.05) is 0 Å². The number of halogens is 1. The van der Waals surface area contributed by atoms with Crippen molar-refractivity contribution in [1.29, 1.82) is 0 Å². The minimum atomic E-state index is -2.33. The van der Waals surface area contributed by atoms with Gasteiger partial charge in [-0.3, -0.25) is 0 Å². The van der Waals surface area contributed by atoms with Crippen molar-refractivity contribution in [2.75, 3.05) is 6.61 Å². The largest absolute Gasteiger partial charge is 2.00 e. The fourth-order valence-corrected chi connectivity index (χ4v) is 8.40. The molecule has 0 saturated heterocycles. The smallest absolute Gasteiger partial charge is 1.00 e. The van der Waals surface area contributed by atoms with Crippen LogP contribution in [0.5, 0.6) is 0 Å². The van der Waals surface area contributed by atoms with Crippen LogP contribution in [-0.2, 0) is 4.43 Å². The molecule has 0 spiro atoms. The number of hydrogen-bond donors (Lipinski definition) is 0. The Bertz CT molecular complexity index is 589. The summed E-state index contributed by atoms with van der Waals surface area (Å²) in [6.07, 6.45) is 7.27. The summed E-state index contributed by atoms with van der Waals surface area (Å²) in [5, 5.41) is 2.82. The monoisotopic (exact) mass is 426 g/mol. The van der Waals surface area contributed by atoms with Gasteiger partial charge in [-0.15, -0.1) is 0 Å². The molecule has 0 N–H and O–H groups in total. The van der Waals surface area contributed by atoms with Crippen molar-refractivity contribution in [3.63, 3.8) is 0 Å². The predicted octanol–water partition coefficient (Wildman–Crippen LogP) is 2.36. The van der Waals surface area contributed by atoms with Crippen LogP contribution in [0.25, 0.3) is 0 Å². The molecule has 0 unspecified atom stereocenters. The normalized spacial score (nSPS) is 11.4. The third-order valence-corrected chi connectivity index (χ3v) is 10.2. The van der Waals surface area contributed by atoms with Gasteiger partial charge in [0.05, 0.1) is 0 Å². The minimum Gasteiger partial charge on any atom is -1.00 e. The Kier molecular flexibility index (Phi) is 13.7. The fraction of sp³-hybridized carbons (Fsp3) is 0.458. The van der Waals surface area contributed by atoms with Crippen molar-refractivity contribution in [2.45, 2.75) is 64.3 Å². The summed E-state index contributed by atoms with van der Waals surface area (Å²) in [4.78, 5) is 0. The molecule has 1 nitrogen and oxygen atoms in total. The van der Waals surface area contributed by atoms with Crippen LogP contribution in [0.15, 0.2) is 60.7 Å². The molecule has 150 valence electrons. The molecule has 0 fully saturated rings. The first-order chi connectivity index (χ1) is 12.5. The van der Waals surface area contributed by atoms with Crippen LogP contribution >= 0.6 is 0 Å². The molecule has 0 amide bonds. The van der Waals surface area contributed by atoms with Crippen LogP contribution in [0.1, 0.15) is 59.3 Å². The Balaban J connectivity index is 0.00000364. The number of hydrogen-bond acceptors (Lipinski definition) is 1. The predicted molar refractivity (Wildman–Crippen MR) is 122 cm³/mol. The third-order valence-electron chi connectivity index (χ3n) is 5.13. The summed E-state index contributed by atoms with van der Waals surface area (Å²) >= 11 is 0. The summed E-state index contributed by atoms with van der Waals surface area (Å²) in [6.45, 7) is 11.8. The van der Waals surface area contributed by atoms with E-state index in [9.17, 15) is 0 Å². The topological polar surface area (TPSA) is 9.23 Å². The number of rotatable bonds is 10. The van der Waals surface area contributed by atoms with Crippen LogP contribution in [0.2, 0.25) is 5.04 Å². The second-order valence-electron chi connectivity index (χ2n) is 8.13. The van der Waals surface area contributed by atoms with E-state index in [-0.39, 0.29) is 40.5 Å². The summed E-state index contributed by atoms with van der Waals surface area (Å²) in [7, 11) is -2.33. The average molecular weight is 427 g/mol. The molecule has 2 aromatic rings. The maximum Gasteiger partial charge on any atom is 2.00 e. The zero-order chi connectivity index (χ0) is 18.9. The molecule has 0 saturated carbocycles. The maximum atomic E-state index is 6.90. The van der Waals surface area contributed by atoms with Gasteiger partial charge in [-0.25, -0.2) is 0 Å². The molecule has 0 bridgehead atoms. The van der Waals surface area contributed by atoms with Crippen molar-refractivity contribution < 1.29 is 16.8 Å². The molecule has 0 aliphatic rings. The maximum absolute atomic E-state index is 6.90. The van der Waals surface area contributed by atoms with Gasteiger partial charge >= 0.3 is 23.1 Å². The van der Waals surface area contributed by atoms with E-state index >= 15 is 0 Å². The Morgan fingerprint density at radius 2 is 1.18 bits per heavy atom. The molecule has 0 atom stereocenters. The Morgan fingerprint density at radius 3 is 1.61 bits per heavy atom. The summed E-state index contributed by atoms with van der Waals surface area (Å²) in [5.74, 6) is 0. The summed E-state index contributed by atoms with van der Waals surface area (Å²) < 4.78 is 6.90. The van der Waals surface area contributed by atoms with E-state index in [4.69, 9.17) is 4.43 Å². The first kappa shape index (κ1) is 27.7.